The van der Waals surface area contributed by atoms with Gasteiger partial charge in [0, 0.05) is 34.4 Å². The van der Waals surface area contributed by atoms with Gasteiger partial charge in [0.2, 0.25) is 5.91 Å². The maximum atomic E-state index is 13.4. The predicted molar refractivity (Wildman–Crippen MR) is 102 cm³/mol. The van der Waals surface area contributed by atoms with E-state index < -0.39 is 5.82 Å². The molecule has 0 aliphatic heterocycles. The lowest BCUT2D eigenvalue weighted by Gasteiger charge is -2.10. The first-order valence-electron chi connectivity index (χ1n) is 7.69. The summed E-state index contributed by atoms with van der Waals surface area (Å²) in [5.41, 5.74) is 2.82. The summed E-state index contributed by atoms with van der Waals surface area (Å²) in [6.45, 7) is 0. The molecule has 3 aromatic rings. The number of hydrogen-bond acceptors (Lipinski definition) is 4. The Balaban J connectivity index is 1.82. The van der Waals surface area contributed by atoms with Gasteiger partial charge < -0.3 is 5.32 Å². The number of amides is 1. The van der Waals surface area contributed by atoms with Gasteiger partial charge in [0.25, 0.3) is 0 Å². The fourth-order valence-electron chi connectivity index (χ4n) is 2.53. The van der Waals surface area contributed by atoms with Gasteiger partial charge >= 0.3 is 0 Å². The van der Waals surface area contributed by atoms with E-state index in [1.165, 1.54) is 18.2 Å². The van der Waals surface area contributed by atoms with E-state index in [9.17, 15) is 9.18 Å². The summed E-state index contributed by atoms with van der Waals surface area (Å²) >= 11 is 7.11. The Hall–Kier alpha value is -2.35. The van der Waals surface area contributed by atoms with Crippen molar-refractivity contribution >= 4 is 35.1 Å². The summed E-state index contributed by atoms with van der Waals surface area (Å²) in [6, 6.07) is 9.48. The van der Waals surface area contributed by atoms with Crippen LogP contribution in [-0.4, -0.2) is 15.7 Å². The molecule has 0 aliphatic rings. The molecule has 3 N–H and O–H groups in total. The third-order valence-electron chi connectivity index (χ3n) is 3.72. The average molecular weight is 391 g/mol. The maximum Gasteiger partial charge on any atom is 0.228 e. The van der Waals surface area contributed by atoms with Gasteiger partial charge in [0.15, 0.2) is 0 Å². The van der Waals surface area contributed by atoms with Gasteiger partial charge in [-0.2, -0.15) is 5.10 Å². The van der Waals surface area contributed by atoms with Crippen LogP contribution in [0.5, 0.6) is 0 Å². The summed E-state index contributed by atoms with van der Waals surface area (Å²) in [5.74, 6) is -0.730. The fourth-order valence-corrected chi connectivity index (χ4v) is 3.11. The van der Waals surface area contributed by atoms with Crippen LogP contribution in [-0.2, 0) is 18.3 Å². The zero-order valence-corrected chi connectivity index (χ0v) is 15.4. The van der Waals surface area contributed by atoms with Gasteiger partial charge in [-0.15, -0.1) is 0 Å². The van der Waals surface area contributed by atoms with Gasteiger partial charge in [0.05, 0.1) is 12.6 Å². The molecule has 0 bridgehead atoms. The lowest BCUT2D eigenvalue weighted by Crippen LogP contribution is -2.15. The molecule has 1 amide bonds. The first-order valence-corrected chi connectivity index (χ1v) is 8.95. The van der Waals surface area contributed by atoms with Crippen molar-refractivity contribution in [3.63, 3.8) is 0 Å². The number of anilines is 1. The summed E-state index contributed by atoms with van der Waals surface area (Å²) in [5, 5.41) is 13.0. The zero-order chi connectivity index (χ0) is 18.7. The molecule has 0 spiro atoms. The number of nitrogens with two attached hydrogens (primary N) is 1. The molecule has 5 nitrogen and oxygen atoms in total. The van der Waals surface area contributed by atoms with Crippen LogP contribution in [0, 0.1) is 5.82 Å². The number of nitrogens with zero attached hydrogens (tertiary/aromatic N) is 2. The summed E-state index contributed by atoms with van der Waals surface area (Å²) in [7, 11) is 1.83. The third-order valence-corrected chi connectivity index (χ3v) is 4.60. The fraction of sp³-hybridized carbons (Fsp3) is 0.111. The van der Waals surface area contributed by atoms with E-state index in [0.29, 0.717) is 16.3 Å². The van der Waals surface area contributed by atoms with Crippen LogP contribution in [0.1, 0.15) is 5.56 Å². The summed E-state index contributed by atoms with van der Waals surface area (Å²) < 4.78 is 15.0. The monoisotopic (exact) mass is 390 g/mol. The van der Waals surface area contributed by atoms with Crippen LogP contribution in [0.3, 0.4) is 0 Å². The minimum Gasteiger partial charge on any atom is -0.326 e. The molecule has 0 aliphatic carbocycles. The summed E-state index contributed by atoms with van der Waals surface area (Å²) in [4.78, 5) is 13.1. The zero-order valence-electron chi connectivity index (χ0n) is 13.9. The largest absolute Gasteiger partial charge is 0.326 e. The molecule has 0 saturated heterocycles. The standard InChI is InChI=1S/C18H16ClFN4OS/c1-24-10-13(9-22-24)11-5-15(8-16(6-11)26-21)23-18(25)7-12-4-14(20)2-3-17(12)19/h2-6,8-10H,7,21H2,1H3,(H,23,25). The molecule has 0 fully saturated rings. The highest BCUT2D eigenvalue weighted by molar-refractivity contribution is 7.97. The smallest absolute Gasteiger partial charge is 0.228 e. The van der Waals surface area contributed by atoms with Crippen molar-refractivity contribution in [3.05, 3.63) is 65.2 Å². The molecule has 0 unspecified atom stereocenters. The van der Waals surface area contributed by atoms with Crippen LogP contribution >= 0.6 is 23.5 Å². The molecule has 0 radical (unpaired) electrons. The molecule has 1 heterocycles. The van der Waals surface area contributed by atoms with E-state index in [4.69, 9.17) is 16.7 Å². The second kappa shape index (κ2) is 7.90. The normalized spacial score (nSPS) is 10.8. The van der Waals surface area contributed by atoms with Gasteiger partial charge in [-0.1, -0.05) is 11.6 Å². The van der Waals surface area contributed by atoms with Crippen molar-refractivity contribution in [2.75, 3.05) is 5.32 Å². The Kier molecular flexibility index (Phi) is 5.61. The van der Waals surface area contributed by atoms with E-state index in [1.54, 1.807) is 16.9 Å². The van der Waals surface area contributed by atoms with Crippen molar-refractivity contribution < 1.29 is 9.18 Å². The topological polar surface area (TPSA) is 72.9 Å². The molecular weight excluding hydrogens is 375 g/mol. The molecule has 1 aromatic heterocycles. The van der Waals surface area contributed by atoms with Crippen LogP contribution in [0.15, 0.2) is 53.7 Å². The van der Waals surface area contributed by atoms with Gasteiger partial charge in [-0.05, 0) is 59.5 Å². The molecule has 0 atom stereocenters. The van der Waals surface area contributed by atoms with E-state index in [-0.39, 0.29) is 12.3 Å². The SMILES string of the molecule is Cn1cc(-c2cc(NC(=O)Cc3cc(F)ccc3Cl)cc(SN)c2)cn1. The van der Waals surface area contributed by atoms with Crippen LogP contribution in [0.2, 0.25) is 5.02 Å². The first-order chi connectivity index (χ1) is 12.4. The average Bonchev–Trinajstić information content (AvgIpc) is 3.04. The number of aromatic nitrogens is 2. The Labute approximate surface area is 159 Å². The lowest BCUT2D eigenvalue weighted by atomic mass is 10.1. The van der Waals surface area contributed by atoms with E-state index in [0.717, 1.165) is 28.0 Å². The van der Waals surface area contributed by atoms with Crippen LogP contribution in [0.4, 0.5) is 10.1 Å². The Bertz CT molecular complexity index is 960. The third kappa shape index (κ3) is 4.43. The Morgan fingerprint density at radius 1 is 1.31 bits per heavy atom. The molecule has 134 valence electrons. The number of halogens is 2. The highest BCUT2D eigenvalue weighted by Crippen LogP contribution is 2.28. The number of rotatable bonds is 5. The van der Waals surface area contributed by atoms with Gasteiger partial charge in [-0.25, -0.2) is 4.39 Å². The van der Waals surface area contributed by atoms with E-state index in [2.05, 4.69) is 10.4 Å². The van der Waals surface area contributed by atoms with E-state index >= 15 is 0 Å². The van der Waals surface area contributed by atoms with Crippen molar-refractivity contribution in [2.45, 2.75) is 11.3 Å². The second-order valence-electron chi connectivity index (χ2n) is 5.73. The minimum absolute atomic E-state index is 0.0290. The Morgan fingerprint density at radius 3 is 2.81 bits per heavy atom. The number of nitrogens with one attached hydrogen (secondary N) is 1. The number of benzene rings is 2. The first kappa shape index (κ1) is 18.4. The van der Waals surface area contributed by atoms with Gasteiger partial charge in [0.1, 0.15) is 5.82 Å². The maximum absolute atomic E-state index is 13.4. The number of carbonyl (C=O) groups excluding carboxylic acids is 1. The number of hydrogen-bond donors (Lipinski definition) is 2. The van der Waals surface area contributed by atoms with Crippen molar-refractivity contribution in [1.29, 1.82) is 0 Å². The molecule has 3 rings (SSSR count). The van der Waals surface area contributed by atoms with E-state index in [1.807, 2.05) is 25.4 Å². The molecular formula is C18H16ClFN4OS. The van der Waals surface area contributed by atoms with Crippen LogP contribution in [0.25, 0.3) is 11.1 Å². The molecule has 0 saturated carbocycles. The van der Waals surface area contributed by atoms with Crippen molar-refractivity contribution in [2.24, 2.45) is 12.2 Å². The number of carbonyl (C=O) groups is 1. The van der Waals surface area contributed by atoms with Crippen LogP contribution < -0.4 is 10.5 Å². The highest BCUT2D eigenvalue weighted by atomic mass is 35.5. The highest BCUT2D eigenvalue weighted by Gasteiger charge is 2.11. The second-order valence-corrected chi connectivity index (χ2v) is 6.84. The molecule has 8 heteroatoms. The summed E-state index contributed by atoms with van der Waals surface area (Å²) in [6.07, 6.45) is 3.58. The minimum atomic E-state index is -0.433. The quantitative estimate of drug-likeness (QED) is 0.645. The predicted octanol–water partition coefficient (Wildman–Crippen LogP) is 4.03. The lowest BCUT2D eigenvalue weighted by molar-refractivity contribution is -0.115. The Morgan fingerprint density at radius 2 is 2.12 bits per heavy atom. The number of aryl methyl sites for hydroxylation is 1. The molecule has 2 aromatic carbocycles. The van der Waals surface area contributed by atoms with Gasteiger partial charge in [-0.3, -0.25) is 14.6 Å². The molecule has 26 heavy (non-hydrogen) atoms. The van der Waals surface area contributed by atoms with Crippen molar-refractivity contribution in [1.82, 2.24) is 9.78 Å². The van der Waals surface area contributed by atoms with Crippen molar-refractivity contribution in [3.8, 4) is 11.1 Å².